The summed E-state index contributed by atoms with van der Waals surface area (Å²) in [4.78, 5) is 12.6. The molecule has 0 unspecified atom stereocenters. The maximum Gasteiger partial charge on any atom is 0.311 e. The molecule has 1 aromatic carbocycles. The Balaban J connectivity index is 2.30. The lowest BCUT2D eigenvalue weighted by Crippen LogP contribution is -2.57. The van der Waals surface area contributed by atoms with Gasteiger partial charge in [-0.15, -0.1) is 0 Å². The maximum absolute atomic E-state index is 10.8. The Morgan fingerprint density at radius 2 is 2.28 bits per heavy atom. The van der Waals surface area contributed by atoms with E-state index in [2.05, 4.69) is 17.1 Å². The Labute approximate surface area is 106 Å². The van der Waals surface area contributed by atoms with Gasteiger partial charge in [0.05, 0.1) is 18.1 Å². The molecular weight excluding hydrogens is 234 g/mol. The molecule has 6 nitrogen and oxygen atoms in total. The third kappa shape index (κ3) is 2.24. The van der Waals surface area contributed by atoms with Crippen molar-refractivity contribution < 1.29 is 9.66 Å². The Kier molecular flexibility index (Phi) is 3.66. The van der Waals surface area contributed by atoms with Crippen LogP contribution >= 0.6 is 0 Å². The second kappa shape index (κ2) is 5.22. The van der Waals surface area contributed by atoms with E-state index in [-0.39, 0.29) is 5.69 Å². The number of rotatable bonds is 5. The fourth-order valence-electron chi connectivity index (χ4n) is 2.14. The molecule has 1 heterocycles. The molecule has 0 spiro atoms. The normalized spacial score (nSPS) is 15.0. The van der Waals surface area contributed by atoms with Crippen molar-refractivity contribution in [1.29, 1.82) is 0 Å². The molecule has 1 aromatic rings. The van der Waals surface area contributed by atoms with Gasteiger partial charge in [0, 0.05) is 37.5 Å². The third-order valence-corrected chi connectivity index (χ3v) is 3.23. The summed E-state index contributed by atoms with van der Waals surface area (Å²) in [7, 11) is 1.45. The summed E-state index contributed by atoms with van der Waals surface area (Å²) in [6.07, 6.45) is 0. The molecule has 0 atom stereocenters. The van der Waals surface area contributed by atoms with Crippen molar-refractivity contribution in [2.75, 3.05) is 31.6 Å². The number of ether oxygens (including phenoxy) is 1. The second-order valence-corrected chi connectivity index (χ2v) is 4.21. The van der Waals surface area contributed by atoms with E-state index >= 15 is 0 Å². The first-order chi connectivity index (χ1) is 8.67. The lowest BCUT2D eigenvalue weighted by molar-refractivity contribution is -0.385. The van der Waals surface area contributed by atoms with E-state index in [0.29, 0.717) is 11.8 Å². The lowest BCUT2D eigenvalue weighted by atomic mass is 10.1. The summed E-state index contributed by atoms with van der Waals surface area (Å²) in [5.74, 6) is 0.309. The molecular formula is C12H17N3O3. The molecule has 18 heavy (non-hydrogen) atoms. The zero-order chi connectivity index (χ0) is 13.1. The minimum absolute atomic E-state index is 0.00374. The van der Waals surface area contributed by atoms with Gasteiger partial charge in [-0.1, -0.05) is 0 Å². The Morgan fingerprint density at radius 3 is 2.72 bits per heavy atom. The molecule has 1 fully saturated rings. The highest BCUT2D eigenvalue weighted by Crippen LogP contribution is 2.32. The molecule has 1 aliphatic heterocycles. The van der Waals surface area contributed by atoms with Crippen LogP contribution in [0.25, 0.3) is 0 Å². The number of benzene rings is 1. The van der Waals surface area contributed by atoms with Gasteiger partial charge in [-0.2, -0.15) is 0 Å². The van der Waals surface area contributed by atoms with Gasteiger partial charge >= 0.3 is 5.69 Å². The number of likely N-dealkylation sites (N-methyl/N-ethyl adjacent to an activating group) is 1. The van der Waals surface area contributed by atoms with Gasteiger partial charge in [-0.25, -0.2) is 0 Å². The molecule has 6 heteroatoms. The van der Waals surface area contributed by atoms with E-state index in [0.717, 1.165) is 25.3 Å². The minimum atomic E-state index is -0.427. The lowest BCUT2D eigenvalue weighted by Gasteiger charge is -2.39. The Bertz CT molecular complexity index is 446. The zero-order valence-corrected chi connectivity index (χ0v) is 10.5. The number of nitrogens with one attached hydrogen (secondary N) is 1. The summed E-state index contributed by atoms with van der Waals surface area (Å²) in [5, 5.41) is 14.1. The van der Waals surface area contributed by atoms with Gasteiger partial charge in [0.15, 0.2) is 5.75 Å². The van der Waals surface area contributed by atoms with Gasteiger partial charge in [0.2, 0.25) is 0 Å². The Hall–Kier alpha value is -1.82. The summed E-state index contributed by atoms with van der Waals surface area (Å²) >= 11 is 0. The van der Waals surface area contributed by atoms with E-state index in [1.807, 2.05) is 0 Å². The molecule has 2 rings (SSSR count). The largest absolute Gasteiger partial charge is 0.490 e. The fourth-order valence-corrected chi connectivity index (χ4v) is 2.14. The number of nitro groups is 1. The van der Waals surface area contributed by atoms with E-state index in [4.69, 9.17) is 4.74 Å². The average molecular weight is 251 g/mol. The number of nitro benzene ring substituents is 1. The van der Waals surface area contributed by atoms with Crippen LogP contribution in [0.15, 0.2) is 18.2 Å². The number of nitrogens with zero attached hydrogens (tertiary/aromatic N) is 2. The van der Waals surface area contributed by atoms with Crippen molar-refractivity contribution in [2.24, 2.45) is 0 Å². The summed E-state index contributed by atoms with van der Waals surface area (Å²) in [6.45, 7) is 4.85. The first-order valence-electron chi connectivity index (χ1n) is 5.97. The van der Waals surface area contributed by atoms with Gasteiger partial charge in [-0.3, -0.25) is 10.1 Å². The molecule has 0 bridgehead atoms. The van der Waals surface area contributed by atoms with Crippen molar-refractivity contribution >= 4 is 11.4 Å². The van der Waals surface area contributed by atoms with E-state index < -0.39 is 4.92 Å². The van der Waals surface area contributed by atoms with Gasteiger partial charge < -0.3 is 15.0 Å². The van der Waals surface area contributed by atoms with Crippen LogP contribution in [0, 0.1) is 10.1 Å². The smallest absolute Gasteiger partial charge is 0.311 e. The average Bonchev–Trinajstić information content (AvgIpc) is 2.32. The molecule has 0 radical (unpaired) electrons. The molecule has 0 amide bonds. The van der Waals surface area contributed by atoms with Crippen LogP contribution in [0.3, 0.4) is 0 Å². The first-order valence-corrected chi connectivity index (χ1v) is 5.97. The molecule has 1 aliphatic rings. The van der Waals surface area contributed by atoms with Crippen molar-refractivity contribution in [3.8, 4) is 5.75 Å². The van der Waals surface area contributed by atoms with Crippen LogP contribution in [0.1, 0.15) is 6.92 Å². The summed E-state index contributed by atoms with van der Waals surface area (Å²) in [5.41, 5.74) is 0.968. The minimum Gasteiger partial charge on any atom is -0.490 e. The summed E-state index contributed by atoms with van der Waals surface area (Å²) < 4.78 is 5.09. The number of anilines is 1. The van der Waals surface area contributed by atoms with Crippen LogP contribution in [0.5, 0.6) is 5.75 Å². The molecule has 0 saturated carbocycles. The van der Waals surface area contributed by atoms with Crippen LogP contribution in [0.4, 0.5) is 11.4 Å². The van der Waals surface area contributed by atoms with E-state index in [9.17, 15) is 10.1 Å². The zero-order valence-electron chi connectivity index (χ0n) is 10.5. The highest BCUT2D eigenvalue weighted by atomic mass is 16.6. The van der Waals surface area contributed by atoms with Gasteiger partial charge in [-0.05, 0) is 13.0 Å². The molecule has 0 aliphatic carbocycles. The van der Waals surface area contributed by atoms with Crippen LogP contribution in [-0.2, 0) is 0 Å². The molecule has 0 aromatic heterocycles. The van der Waals surface area contributed by atoms with Crippen LogP contribution < -0.4 is 15.0 Å². The van der Waals surface area contributed by atoms with Crippen molar-refractivity contribution in [2.45, 2.75) is 13.0 Å². The topological polar surface area (TPSA) is 67.6 Å². The van der Waals surface area contributed by atoms with Crippen LogP contribution in [-0.4, -0.2) is 37.7 Å². The van der Waals surface area contributed by atoms with E-state index in [1.165, 1.54) is 13.2 Å². The maximum atomic E-state index is 10.8. The predicted molar refractivity (Wildman–Crippen MR) is 69.3 cm³/mol. The highest BCUT2D eigenvalue weighted by molar-refractivity contribution is 5.60. The van der Waals surface area contributed by atoms with Crippen molar-refractivity contribution in [3.63, 3.8) is 0 Å². The van der Waals surface area contributed by atoms with E-state index in [1.54, 1.807) is 12.1 Å². The molecule has 98 valence electrons. The number of hydrogen-bond acceptors (Lipinski definition) is 5. The second-order valence-electron chi connectivity index (χ2n) is 4.21. The quantitative estimate of drug-likeness (QED) is 0.633. The molecule has 1 saturated heterocycles. The fraction of sp³-hybridized carbons (Fsp3) is 0.500. The molecule has 1 N–H and O–H groups in total. The van der Waals surface area contributed by atoms with Crippen molar-refractivity contribution in [1.82, 2.24) is 5.32 Å². The predicted octanol–water partition coefficient (Wildman–Crippen LogP) is 1.40. The van der Waals surface area contributed by atoms with Gasteiger partial charge in [0.25, 0.3) is 0 Å². The number of hydrogen-bond donors (Lipinski definition) is 1. The standard InChI is InChI=1S/C12H17N3O3/c1-3-14(10-7-13-8-10)9-4-5-11(15(16)17)12(6-9)18-2/h4-6,10,13H,3,7-8H2,1-2H3. The van der Waals surface area contributed by atoms with Gasteiger partial charge in [0.1, 0.15) is 0 Å². The first kappa shape index (κ1) is 12.6. The number of methoxy groups -OCH3 is 1. The monoisotopic (exact) mass is 251 g/mol. The van der Waals surface area contributed by atoms with Crippen molar-refractivity contribution in [3.05, 3.63) is 28.3 Å². The summed E-state index contributed by atoms with van der Waals surface area (Å²) in [6, 6.07) is 5.48. The SMILES string of the molecule is CCN(c1ccc([N+](=O)[O-])c(OC)c1)C1CNC1. The third-order valence-electron chi connectivity index (χ3n) is 3.23. The highest BCUT2D eigenvalue weighted by Gasteiger charge is 2.25. The van der Waals surface area contributed by atoms with Crippen LogP contribution in [0.2, 0.25) is 0 Å². The Morgan fingerprint density at radius 1 is 1.56 bits per heavy atom.